The molecule has 0 saturated heterocycles. The lowest BCUT2D eigenvalue weighted by Gasteiger charge is -2.31. The van der Waals surface area contributed by atoms with Crippen LogP contribution in [0.1, 0.15) is 17.5 Å². The van der Waals surface area contributed by atoms with Gasteiger partial charge in [0.25, 0.3) is 0 Å². The van der Waals surface area contributed by atoms with Crippen LogP contribution in [0.15, 0.2) is 66.9 Å². The van der Waals surface area contributed by atoms with Gasteiger partial charge in [0.2, 0.25) is 5.91 Å². The van der Waals surface area contributed by atoms with Gasteiger partial charge < -0.3 is 10.2 Å². The summed E-state index contributed by atoms with van der Waals surface area (Å²) in [5.41, 5.74) is 4.56. The van der Waals surface area contributed by atoms with Gasteiger partial charge in [0, 0.05) is 17.3 Å². The summed E-state index contributed by atoms with van der Waals surface area (Å²) in [6.45, 7) is 0.973. The first-order valence-corrected chi connectivity index (χ1v) is 9.43. The van der Waals surface area contributed by atoms with Crippen LogP contribution in [0.5, 0.6) is 0 Å². The van der Waals surface area contributed by atoms with E-state index in [0.29, 0.717) is 17.3 Å². The molecule has 27 heavy (non-hydrogen) atoms. The average molecular weight is 378 g/mol. The fraction of sp³-hybridized carbons (Fsp3) is 0.182. The molecule has 3 aromatic rings. The monoisotopic (exact) mass is 377 g/mol. The van der Waals surface area contributed by atoms with Gasteiger partial charge in [-0.3, -0.25) is 4.79 Å². The number of aromatic nitrogens is 1. The molecule has 5 heteroatoms. The molecule has 2 aromatic carbocycles. The van der Waals surface area contributed by atoms with Crippen molar-refractivity contribution in [2.45, 2.75) is 19.3 Å². The van der Waals surface area contributed by atoms with Crippen LogP contribution in [0, 0.1) is 0 Å². The molecule has 0 fully saturated rings. The van der Waals surface area contributed by atoms with Crippen molar-refractivity contribution in [3.05, 3.63) is 83.0 Å². The van der Waals surface area contributed by atoms with E-state index in [4.69, 9.17) is 11.6 Å². The molecular formula is C22H20ClN3O. The highest BCUT2D eigenvalue weighted by molar-refractivity contribution is 6.30. The maximum Gasteiger partial charge on any atom is 0.229 e. The van der Waals surface area contributed by atoms with Crippen molar-refractivity contribution in [1.82, 2.24) is 4.98 Å². The Bertz CT molecular complexity index is 939. The molecule has 136 valence electrons. The summed E-state index contributed by atoms with van der Waals surface area (Å²) in [5.74, 6) is 0.462. The molecule has 0 atom stereocenters. The van der Waals surface area contributed by atoms with Crippen molar-refractivity contribution in [3.8, 4) is 0 Å². The van der Waals surface area contributed by atoms with Crippen molar-refractivity contribution in [2.24, 2.45) is 0 Å². The number of halogens is 1. The summed E-state index contributed by atoms with van der Waals surface area (Å²) < 4.78 is 0. The number of fused-ring (bicyclic) bond motifs is 1. The van der Waals surface area contributed by atoms with Crippen LogP contribution >= 0.6 is 11.6 Å². The number of para-hydroxylation sites is 1. The Morgan fingerprint density at radius 3 is 2.67 bits per heavy atom. The van der Waals surface area contributed by atoms with Gasteiger partial charge in [-0.2, -0.15) is 0 Å². The van der Waals surface area contributed by atoms with Crippen LogP contribution in [0.2, 0.25) is 5.02 Å². The molecule has 1 N–H and O–H groups in total. The average Bonchev–Trinajstić information content (AvgIpc) is 2.70. The summed E-state index contributed by atoms with van der Waals surface area (Å²) in [6, 6.07) is 19.6. The van der Waals surface area contributed by atoms with E-state index in [0.717, 1.165) is 30.6 Å². The van der Waals surface area contributed by atoms with Crippen molar-refractivity contribution < 1.29 is 4.79 Å². The molecule has 1 aliphatic heterocycles. The summed E-state index contributed by atoms with van der Waals surface area (Å²) in [6.07, 6.45) is 4.34. The van der Waals surface area contributed by atoms with E-state index in [1.165, 1.54) is 11.3 Å². The molecule has 0 saturated carbocycles. The summed E-state index contributed by atoms with van der Waals surface area (Å²) in [4.78, 5) is 18.9. The number of rotatable bonds is 4. The van der Waals surface area contributed by atoms with Crippen LogP contribution in [-0.4, -0.2) is 17.4 Å². The smallest absolute Gasteiger partial charge is 0.229 e. The van der Waals surface area contributed by atoms with Crippen LogP contribution in [0.3, 0.4) is 0 Å². The number of anilines is 3. The zero-order chi connectivity index (χ0) is 18.6. The SMILES string of the molecule is O=C(Cc1ccc(Cl)cc1)Nc1ccc(N2CCCc3ccccc32)cn1. The van der Waals surface area contributed by atoms with Gasteiger partial charge in [0.05, 0.1) is 18.3 Å². The lowest BCUT2D eigenvalue weighted by molar-refractivity contribution is -0.115. The first-order chi connectivity index (χ1) is 13.2. The Morgan fingerprint density at radius 1 is 1.07 bits per heavy atom. The number of aryl methyl sites for hydroxylation is 1. The molecule has 0 aliphatic carbocycles. The highest BCUT2D eigenvalue weighted by atomic mass is 35.5. The maximum absolute atomic E-state index is 12.2. The third kappa shape index (κ3) is 4.12. The molecule has 0 radical (unpaired) electrons. The molecule has 0 unspecified atom stereocenters. The predicted molar refractivity (Wildman–Crippen MR) is 110 cm³/mol. The lowest BCUT2D eigenvalue weighted by Crippen LogP contribution is -2.24. The Labute approximate surface area is 163 Å². The number of carbonyl (C=O) groups excluding carboxylic acids is 1. The molecule has 4 rings (SSSR count). The van der Waals surface area contributed by atoms with E-state index >= 15 is 0 Å². The first kappa shape index (κ1) is 17.6. The van der Waals surface area contributed by atoms with Crippen molar-refractivity contribution >= 4 is 34.7 Å². The first-order valence-electron chi connectivity index (χ1n) is 9.05. The van der Waals surface area contributed by atoms with Crippen LogP contribution < -0.4 is 10.2 Å². The number of hydrogen-bond donors (Lipinski definition) is 1. The Morgan fingerprint density at radius 2 is 1.89 bits per heavy atom. The van der Waals surface area contributed by atoms with Gasteiger partial charge in [-0.25, -0.2) is 4.98 Å². The Kier molecular flexibility index (Phi) is 5.07. The van der Waals surface area contributed by atoms with E-state index < -0.39 is 0 Å². The molecule has 2 heterocycles. The predicted octanol–water partition coefficient (Wildman–Crippen LogP) is 5.00. The zero-order valence-corrected chi connectivity index (χ0v) is 15.6. The molecular weight excluding hydrogens is 358 g/mol. The molecule has 1 amide bonds. The van der Waals surface area contributed by atoms with Crippen molar-refractivity contribution in [1.29, 1.82) is 0 Å². The second kappa shape index (κ2) is 7.80. The lowest BCUT2D eigenvalue weighted by atomic mass is 10.0. The van der Waals surface area contributed by atoms with Crippen LogP contribution in [-0.2, 0) is 17.6 Å². The third-order valence-electron chi connectivity index (χ3n) is 4.72. The number of amides is 1. The fourth-order valence-electron chi connectivity index (χ4n) is 3.40. The molecule has 1 aromatic heterocycles. The van der Waals surface area contributed by atoms with Gasteiger partial charge in [0.1, 0.15) is 5.82 Å². The minimum atomic E-state index is -0.0964. The quantitative estimate of drug-likeness (QED) is 0.695. The fourth-order valence-corrected chi connectivity index (χ4v) is 3.52. The van der Waals surface area contributed by atoms with Crippen molar-refractivity contribution in [3.63, 3.8) is 0 Å². The van der Waals surface area contributed by atoms with Gasteiger partial charge in [0.15, 0.2) is 0 Å². The van der Waals surface area contributed by atoms with Gasteiger partial charge >= 0.3 is 0 Å². The standard InChI is InChI=1S/C22H20ClN3O/c23-18-9-7-16(8-10-18)14-22(27)25-21-12-11-19(15-24-21)26-13-3-5-17-4-1-2-6-20(17)26/h1-2,4,6-12,15H,3,5,13-14H2,(H,24,25,27). The zero-order valence-electron chi connectivity index (χ0n) is 14.9. The number of nitrogens with one attached hydrogen (secondary N) is 1. The van der Waals surface area contributed by atoms with Crippen LogP contribution in [0.25, 0.3) is 0 Å². The molecule has 0 spiro atoms. The van der Waals surface area contributed by atoms with Gasteiger partial charge in [-0.1, -0.05) is 41.9 Å². The minimum absolute atomic E-state index is 0.0964. The number of pyridine rings is 1. The second-order valence-electron chi connectivity index (χ2n) is 6.64. The summed E-state index contributed by atoms with van der Waals surface area (Å²) in [5, 5.41) is 3.52. The van der Waals surface area contributed by atoms with Crippen LogP contribution in [0.4, 0.5) is 17.2 Å². The largest absolute Gasteiger partial charge is 0.340 e. The van der Waals surface area contributed by atoms with E-state index in [1.807, 2.05) is 30.5 Å². The molecule has 4 nitrogen and oxygen atoms in total. The molecule has 0 bridgehead atoms. The van der Waals surface area contributed by atoms with E-state index in [2.05, 4.69) is 39.5 Å². The van der Waals surface area contributed by atoms with E-state index in [1.54, 1.807) is 12.1 Å². The van der Waals surface area contributed by atoms with E-state index in [-0.39, 0.29) is 5.91 Å². The Hall–Kier alpha value is -2.85. The maximum atomic E-state index is 12.2. The topological polar surface area (TPSA) is 45.2 Å². The number of carbonyl (C=O) groups is 1. The minimum Gasteiger partial charge on any atom is -0.340 e. The second-order valence-corrected chi connectivity index (χ2v) is 7.07. The highest BCUT2D eigenvalue weighted by Gasteiger charge is 2.18. The summed E-state index contributed by atoms with van der Waals surface area (Å²) in [7, 11) is 0. The highest BCUT2D eigenvalue weighted by Crippen LogP contribution is 2.33. The Balaban J connectivity index is 1.44. The number of hydrogen-bond acceptors (Lipinski definition) is 3. The van der Waals surface area contributed by atoms with E-state index in [9.17, 15) is 4.79 Å². The van der Waals surface area contributed by atoms with Gasteiger partial charge in [-0.15, -0.1) is 0 Å². The number of nitrogens with zero attached hydrogens (tertiary/aromatic N) is 2. The van der Waals surface area contributed by atoms with Gasteiger partial charge in [-0.05, 0) is 54.3 Å². The molecule has 1 aliphatic rings. The third-order valence-corrected chi connectivity index (χ3v) is 4.97. The normalized spacial score (nSPS) is 13.1. The number of benzene rings is 2. The van der Waals surface area contributed by atoms with Crippen molar-refractivity contribution in [2.75, 3.05) is 16.8 Å². The summed E-state index contributed by atoms with van der Waals surface area (Å²) >= 11 is 5.87.